The average molecular weight is 438 g/mol. The van der Waals surface area contributed by atoms with Gasteiger partial charge in [-0.15, -0.1) is 0 Å². The van der Waals surface area contributed by atoms with Crippen LogP contribution in [0, 0.1) is 5.92 Å². The Morgan fingerprint density at radius 2 is 2.06 bits per heavy atom. The van der Waals surface area contributed by atoms with Crippen molar-refractivity contribution in [3.63, 3.8) is 0 Å². The van der Waals surface area contributed by atoms with Gasteiger partial charge in [0.05, 0.1) is 6.61 Å². The molecule has 0 unspecified atom stereocenters. The van der Waals surface area contributed by atoms with Crippen LogP contribution in [0.2, 0.25) is 0 Å². The number of azide groups is 1. The molecule has 1 saturated carbocycles. The van der Waals surface area contributed by atoms with Crippen LogP contribution < -0.4 is 9.47 Å². The first-order chi connectivity index (χ1) is 14.7. The Bertz CT molecular complexity index is 835. The molecule has 0 radical (unpaired) electrons. The van der Waals surface area contributed by atoms with Gasteiger partial charge in [0.2, 0.25) is 0 Å². The second-order valence-electron chi connectivity index (χ2n) is 8.97. The van der Waals surface area contributed by atoms with E-state index < -0.39 is 18.3 Å². The van der Waals surface area contributed by atoms with Gasteiger partial charge in [0.1, 0.15) is 5.60 Å². The minimum absolute atomic E-state index is 0.00738. The van der Waals surface area contributed by atoms with E-state index in [0.717, 1.165) is 18.4 Å². The molecule has 170 valence electrons. The first-order valence-corrected chi connectivity index (χ1v) is 10.4. The zero-order chi connectivity index (χ0) is 22.6. The quantitative estimate of drug-likeness (QED) is 0.305. The van der Waals surface area contributed by atoms with E-state index in [-0.39, 0.29) is 30.0 Å². The molecule has 1 aliphatic carbocycles. The molecule has 1 aliphatic heterocycles. The van der Waals surface area contributed by atoms with E-state index in [1.807, 2.05) is 0 Å². The molecule has 3 rings (SSSR count). The lowest BCUT2D eigenvalue weighted by Crippen LogP contribution is -2.41. The maximum absolute atomic E-state index is 12.8. The first kappa shape index (κ1) is 22.9. The highest BCUT2D eigenvalue weighted by molar-refractivity contribution is 5.69. The molecule has 2 fully saturated rings. The summed E-state index contributed by atoms with van der Waals surface area (Å²) in [6, 6.07) is 4.56. The summed E-state index contributed by atoms with van der Waals surface area (Å²) in [6.07, 6.45) is 2.21. The van der Waals surface area contributed by atoms with E-state index >= 15 is 0 Å². The lowest BCUT2D eigenvalue weighted by atomic mass is 9.96. The maximum atomic E-state index is 12.8. The molecule has 1 aromatic carbocycles. The Morgan fingerprint density at radius 3 is 2.68 bits per heavy atom. The van der Waals surface area contributed by atoms with Crippen molar-refractivity contribution >= 4 is 6.09 Å². The maximum Gasteiger partial charge on any atom is 0.410 e. The molecule has 1 heterocycles. The fourth-order valence-electron chi connectivity index (χ4n) is 3.58. The van der Waals surface area contributed by atoms with Gasteiger partial charge in [0.15, 0.2) is 11.5 Å². The van der Waals surface area contributed by atoms with E-state index in [2.05, 4.69) is 14.8 Å². The van der Waals surface area contributed by atoms with Gasteiger partial charge in [-0.1, -0.05) is 11.2 Å². The van der Waals surface area contributed by atoms with Crippen LogP contribution in [0.1, 0.15) is 51.5 Å². The van der Waals surface area contributed by atoms with E-state index in [4.69, 9.17) is 15.0 Å². The Morgan fingerprint density at radius 1 is 1.32 bits per heavy atom. The van der Waals surface area contributed by atoms with Gasteiger partial charge in [-0.2, -0.15) is 8.78 Å². The summed E-state index contributed by atoms with van der Waals surface area (Å²) < 4.78 is 41.4. The number of hydrogen-bond donors (Lipinski definition) is 0. The fourth-order valence-corrected chi connectivity index (χ4v) is 3.58. The molecular weight excluding hydrogens is 410 g/mol. The van der Waals surface area contributed by atoms with Gasteiger partial charge in [0.25, 0.3) is 0 Å². The predicted octanol–water partition coefficient (Wildman–Crippen LogP) is 5.48. The highest BCUT2D eigenvalue weighted by atomic mass is 19.3. The van der Waals surface area contributed by atoms with Gasteiger partial charge in [-0.05, 0) is 69.2 Å². The van der Waals surface area contributed by atoms with Crippen LogP contribution in [0.5, 0.6) is 11.5 Å². The van der Waals surface area contributed by atoms with Crippen molar-refractivity contribution < 1.29 is 27.8 Å². The Balaban J connectivity index is 1.80. The number of alkyl halides is 2. The monoisotopic (exact) mass is 438 g/mol. The lowest BCUT2D eigenvalue weighted by Gasteiger charge is -2.28. The summed E-state index contributed by atoms with van der Waals surface area (Å²) in [5.74, 6) is 0.625. The van der Waals surface area contributed by atoms with Crippen molar-refractivity contribution in [3.05, 3.63) is 34.2 Å². The first-order valence-electron chi connectivity index (χ1n) is 10.4. The molecule has 2 atom stereocenters. The molecule has 2 aliphatic rings. The van der Waals surface area contributed by atoms with Crippen LogP contribution in [0.3, 0.4) is 0 Å². The molecule has 10 heteroatoms. The molecular formula is C21H28F2N4O4. The summed E-state index contributed by atoms with van der Waals surface area (Å²) >= 11 is 0. The molecule has 0 aromatic heterocycles. The number of hydrogen-bond acceptors (Lipinski definition) is 5. The summed E-state index contributed by atoms with van der Waals surface area (Å²) in [4.78, 5) is 17.1. The molecule has 0 spiro atoms. The van der Waals surface area contributed by atoms with Crippen molar-refractivity contribution in [1.29, 1.82) is 0 Å². The molecule has 31 heavy (non-hydrogen) atoms. The lowest BCUT2D eigenvalue weighted by molar-refractivity contribution is -0.0515. The largest absolute Gasteiger partial charge is 0.489 e. The van der Waals surface area contributed by atoms with Crippen LogP contribution >= 0.6 is 0 Å². The van der Waals surface area contributed by atoms with Crippen LogP contribution in [-0.2, 0) is 4.74 Å². The van der Waals surface area contributed by atoms with Gasteiger partial charge in [-0.25, -0.2) is 4.79 Å². The number of carbonyl (C=O) groups excluding carboxylic acids is 1. The zero-order valence-corrected chi connectivity index (χ0v) is 18.0. The molecule has 1 saturated heterocycles. The zero-order valence-electron chi connectivity index (χ0n) is 18.0. The van der Waals surface area contributed by atoms with E-state index in [1.165, 1.54) is 6.07 Å². The number of benzene rings is 1. The predicted molar refractivity (Wildman–Crippen MR) is 109 cm³/mol. The van der Waals surface area contributed by atoms with Gasteiger partial charge >= 0.3 is 12.7 Å². The average Bonchev–Trinajstić information content (AvgIpc) is 3.41. The summed E-state index contributed by atoms with van der Waals surface area (Å²) in [5.41, 5.74) is 8.88. The molecule has 8 nitrogen and oxygen atoms in total. The Kier molecular flexibility index (Phi) is 7.10. The number of halogens is 2. The Labute approximate surface area is 180 Å². The second kappa shape index (κ2) is 9.60. The topological polar surface area (TPSA) is 96.8 Å². The van der Waals surface area contributed by atoms with Gasteiger partial charge in [-0.3, -0.25) is 0 Å². The van der Waals surface area contributed by atoms with Crippen molar-refractivity contribution in [2.24, 2.45) is 11.0 Å². The second-order valence-corrected chi connectivity index (χ2v) is 8.97. The summed E-state index contributed by atoms with van der Waals surface area (Å²) in [7, 11) is 0. The Hall–Kier alpha value is -2.74. The fraction of sp³-hybridized carbons (Fsp3) is 0.667. The summed E-state index contributed by atoms with van der Waals surface area (Å²) in [6.45, 7) is 3.35. The smallest absolute Gasteiger partial charge is 0.410 e. The third-order valence-corrected chi connectivity index (χ3v) is 5.22. The third-order valence-electron chi connectivity index (χ3n) is 5.22. The van der Waals surface area contributed by atoms with Gasteiger partial charge < -0.3 is 19.1 Å². The van der Waals surface area contributed by atoms with Crippen LogP contribution in [-0.4, -0.2) is 48.9 Å². The minimum atomic E-state index is -2.95. The molecule has 0 bridgehead atoms. The normalized spacial score (nSPS) is 21.0. The number of rotatable bonds is 8. The number of likely N-dealkylation sites (tertiary alicyclic amines) is 1. The third kappa shape index (κ3) is 6.62. The molecule has 1 amide bonds. The van der Waals surface area contributed by atoms with Crippen LogP contribution in [0.4, 0.5) is 13.6 Å². The number of amides is 1. The minimum Gasteiger partial charge on any atom is -0.489 e. The SMILES string of the molecule is CC(C)(C)OC(=O)N1C[C@H](c2ccc(OC(F)F)c(OCC3CC3)c2)C[C@@H]1CN=[N+]=[N-]. The number of carbonyl (C=O) groups is 1. The highest BCUT2D eigenvalue weighted by Crippen LogP contribution is 2.39. The van der Waals surface area contributed by atoms with Crippen LogP contribution in [0.15, 0.2) is 23.3 Å². The van der Waals surface area contributed by atoms with E-state index in [0.29, 0.717) is 25.5 Å². The van der Waals surface area contributed by atoms with Gasteiger partial charge in [0, 0.05) is 30.0 Å². The summed E-state index contributed by atoms with van der Waals surface area (Å²) in [5, 5.41) is 3.63. The van der Waals surface area contributed by atoms with E-state index in [1.54, 1.807) is 37.8 Å². The standard InChI is InChI=1S/C21H28F2N4O4/c1-21(2,3)31-20(28)27-11-15(8-16(27)10-25-26-24)14-6-7-17(30-19(22)23)18(9-14)29-12-13-4-5-13/h6-7,9,13,15-16,19H,4-5,8,10-12H2,1-3H3/t15-,16-/m1/s1. The van der Waals surface area contributed by atoms with Crippen molar-refractivity contribution in [1.82, 2.24) is 4.90 Å². The van der Waals surface area contributed by atoms with E-state index in [9.17, 15) is 13.6 Å². The van der Waals surface area contributed by atoms with Crippen molar-refractivity contribution in [2.75, 3.05) is 19.7 Å². The van der Waals surface area contributed by atoms with Crippen molar-refractivity contribution in [2.45, 2.75) is 64.2 Å². The molecule has 1 aromatic rings. The van der Waals surface area contributed by atoms with Crippen LogP contribution in [0.25, 0.3) is 10.4 Å². The number of nitrogens with zero attached hydrogens (tertiary/aromatic N) is 4. The van der Waals surface area contributed by atoms with Crippen molar-refractivity contribution in [3.8, 4) is 11.5 Å². The number of ether oxygens (including phenoxy) is 3. The highest BCUT2D eigenvalue weighted by Gasteiger charge is 2.38. The molecule has 0 N–H and O–H groups in total.